The summed E-state index contributed by atoms with van der Waals surface area (Å²) in [7, 11) is -6.34. The van der Waals surface area contributed by atoms with E-state index in [0.717, 1.165) is 33.6 Å². The molecule has 0 amide bonds. The molecule has 0 radical (unpaired) electrons. The van der Waals surface area contributed by atoms with Crippen LogP contribution in [0.3, 0.4) is 0 Å². The second kappa shape index (κ2) is 18.0. The molecular formula is C53H75N3O4Si4. The van der Waals surface area contributed by atoms with E-state index in [1.54, 1.807) is 0 Å². The van der Waals surface area contributed by atoms with Crippen LogP contribution in [0.25, 0.3) is 0 Å². The van der Waals surface area contributed by atoms with Crippen molar-refractivity contribution in [3.8, 4) is 0 Å². The molecule has 0 saturated carbocycles. The van der Waals surface area contributed by atoms with E-state index in [-0.39, 0.29) is 0 Å². The van der Waals surface area contributed by atoms with Crippen LogP contribution in [0.1, 0.15) is 46.5 Å². The maximum absolute atomic E-state index is 13.3. The number of likely N-dealkylation sites (tertiary alicyclic amines) is 2. The van der Waals surface area contributed by atoms with Crippen molar-refractivity contribution in [2.75, 3.05) is 13.1 Å². The van der Waals surface area contributed by atoms with Crippen LogP contribution in [0.4, 0.5) is 0 Å². The molecule has 2 aliphatic rings. The molecule has 4 atom stereocenters. The number of aromatic nitrogens is 1. The Morgan fingerprint density at radius 1 is 0.438 bits per heavy atom. The van der Waals surface area contributed by atoms with Crippen LogP contribution in [0.5, 0.6) is 0 Å². The Kier molecular flexibility index (Phi) is 13.7. The lowest BCUT2D eigenvalue weighted by atomic mass is 9.78. The van der Waals surface area contributed by atoms with Gasteiger partial charge in [0.1, 0.15) is 11.2 Å². The van der Waals surface area contributed by atoms with Gasteiger partial charge in [-0.05, 0) is 47.2 Å². The van der Waals surface area contributed by atoms with Crippen LogP contribution >= 0.6 is 0 Å². The Labute approximate surface area is 388 Å². The van der Waals surface area contributed by atoms with Gasteiger partial charge >= 0.3 is 0 Å². The molecule has 7 nitrogen and oxygen atoms in total. The maximum Gasteiger partial charge on any atom is 0.130 e. The summed E-state index contributed by atoms with van der Waals surface area (Å²) in [4.78, 5) is 9.66. The zero-order chi connectivity index (χ0) is 46.6. The highest BCUT2D eigenvalue weighted by atomic mass is 28.3. The van der Waals surface area contributed by atoms with Crippen molar-refractivity contribution in [2.24, 2.45) is 0 Å². The van der Waals surface area contributed by atoms with Crippen LogP contribution < -0.4 is 20.7 Å². The molecule has 4 unspecified atom stereocenters. The first-order chi connectivity index (χ1) is 29.8. The molecule has 2 aliphatic heterocycles. The lowest BCUT2D eigenvalue weighted by Gasteiger charge is -2.41. The number of β-amino-alcohol motifs (C(OH)–C–C–N with tert-alkyl or cyclic N) is 2. The molecule has 4 N–H and O–H groups in total. The Morgan fingerprint density at radius 3 is 0.922 bits per heavy atom. The van der Waals surface area contributed by atoms with Crippen LogP contribution in [0.15, 0.2) is 115 Å². The number of pyridine rings is 1. The van der Waals surface area contributed by atoms with E-state index in [1.807, 2.05) is 18.2 Å². The summed E-state index contributed by atoms with van der Waals surface area (Å²) in [6.45, 7) is 29.8. The predicted octanol–water partition coefficient (Wildman–Crippen LogP) is 7.01. The topological polar surface area (TPSA) is 100 Å². The Bertz CT molecular complexity index is 2090. The van der Waals surface area contributed by atoms with E-state index in [0.29, 0.717) is 39.0 Å². The number of rotatable bonds is 14. The molecule has 0 spiro atoms. The number of aliphatic hydroxyl groups is 4. The van der Waals surface area contributed by atoms with Crippen molar-refractivity contribution in [1.82, 2.24) is 14.8 Å². The number of benzene rings is 4. The Hall–Kier alpha value is -3.34. The molecule has 1 aromatic heterocycles. The fraction of sp³-hybridized carbons (Fsp3) is 0.453. The van der Waals surface area contributed by atoms with Crippen molar-refractivity contribution >= 4 is 53.0 Å². The normalized spacial score (nSPS) is 20.9. The Balaban J connectivity index is 1.21. The molecule has 0 bridgehead atoms. The molecule has 64 heavy (non-hydrogen) atoms. The van der Waals surface area contributed by atoms with Gasteiger partial charge in [0.2, 0.25) is 0 Å². The standard InChI is InChI=1S/C53H75N3O4Si4/c1-61(2,3)46-24-16-38(17-25-46)52(59,39-18-26-47(27-19-39)62(4,5)6)50-32-44(57)36-55(50)34-42-14-13-15-43(54-42)35-56-37-45(58)33-51(56)53(60,40-20-28-48(29-21-40)63(7,8)9)41-22-30-49(31-23-41)64(10,11)12/h13-31,44-45,50-51,57-60H,32-37H2,1-12H3. The minimum Gasteiger partial charge on any atom is -0.392 e. The first-order valence-corrected chi connectivity index (χ1v) is 37.5. The van der Waals surface area contributed by atoms with Gasteiger partial charge in [0, 0.05) is 38.3 Å². The second-order valence-corrected chi connectivity index (χ2v) is 43.4. The van der Waals surface area contributed by atoms with Crippen molar-refractivity contribution < 1.29 is 20.4 Å². The van der Waals surface area contributed by atoms with E-state index in [2.05, 4.69) is 185 Å². The number of aliphatic hydroxyl groups excluding tert-OH is 2. The number of hydrogen-bond donors (Lipinski definition) is 4. The van der Waals surface area contributed by atoms with Crippen molar-refractivity contribution in [1.29, 1.82) is 0 Å². The summed E-state index contributed by atoms with van der Waals surface area (Å²) in [6, 6.07) is 39.6. The quantitative estimate of drug-likeness (QED) is 0.0891. The van der Waals surface area contributed by atoms with Gasteiger partial charge in [0.05, 0.1) is 55.9 Å². The van der Waals surface area contributed by atoms with Crippen LogP contribution in [0.2, 0.25) is 78.6 Å². The molecule has 3 heterocycles. The molecule has 2 fully saturated rings. The maximum atomic E-state index is 13.3. The van der Waals surface area contributed by atoms with Gasteiger partial charge in [-0.2, -0.15) is 0 Å². The zero-order valence-electron chi connectivity index (χ0n) is 40.7. The monoisotopic (exact) mass is 929 g/mol. The third-order valence-corrected chi connectivity index (χ3v) is 22.3. The molecule has 4 aromatic carbocycles. The first-order valence-electron chi connectivity index (χ1n) is 23.5. The van der Waals surface area contributed by atoms with Crippen LogP contribution in [0, 0.1) is 0 Å². The largest absolute Gasteiger partial charge is 0.392 e. The molecule has 0 aliphatic carbocycles. The van der Waals surface area contributed by atoms with Gasteiger partial charge in [-0.15, -0.1) is 0 Å². The van der Waals surface area contributed by atoms with Gasteiger partial charge < -0.3 is 20.4 Å². The molecule has 7 rings (SSSR count). The summed E-state index contributed by atoms with van der Waals surface area (Å²) in [5.74, 6) is 0. The second-order valence-electron chi connectivity index (χ2n) is 23.1. The molecule has 11 heteroatoms. The third-order valence-electron chi connectivity index (χ3n) is 14.1. The zero-order valence-corrected chi connectivity index (χ0v) is 44.7. The van der Waals surface area contributed by atoms with Gasteiger partial charge in [-0.1, -0.05) is 202 Å². The van der Waals surface area contributed by atoms with Gasteiger partial charge in [-0.25, -0.2) is 0 Å². The highest BCUT2D eigenvalue weighted by Gasteiger charge is 2.50. The average molecular weight is 931 g/mol. The average Bonchev–Trinajstić information content (AvgIpc) is 3.80. The Morgan fingerprint density at radius 2 is 0.688 bits per heavy atom. The summed E-state index contributed by atoms with van der Waals surface area (Å²) >= 11 is 0. The van der Waals surface area contributed by atoms with E-state index < -0.39 is 67.8 Å². The lowest BCUT2D eigenvalue weighted by Crippen LogP contribution is -2.49. The number of hydrogen-bond acceptors (Lipinski definition) is 7. The van der Waals surface area contributed by atoms with Crippen LogP contribution in [-0.2, 0) is 24.3 Å². The van der Waals surface area contributed by atoms with Gasteiger partial charge in [-0.3, -0.25) is 14.8 Å². The summed E-state index contributed by atoms with van der Waals surface area (Å²) in [5.41, 5.74) is 2.25. The fourth-order valence-corrected chi connectivity index (χ4v) is 14.8. The van der Waals surface area contributed by atoms with E-state index in [4.69, 9.17) is 4.98 Å². The highest BCUT2D eigenvalue weighted by Crippen LogP contribution is 2.43. The highest BCUT2D eigenvalue weighted by molar-refractivity contribution is 6.90. The van der Waals surface area contributed by atoms with Gasteiger partial charge in [0.15, 0.2) is 0 Å². The summed E-state index contributed by atoms with van der Waals surface area (Å²) in [6.07, 6.45) is -0.366. The number of nitrogens with zero attached hydrogens (tertiary/aromatic N) is 3. The van der Waals surface area contributed by atoms with Crippen molar-refractivity contribution in [3.05, 3.63) is 149 Å². The molecular weight excluding hydrogens is 855 g/mol. The molecule has 342 valence electrons. The SMILES string of the molecule is C[Si](C)(C)c1ccc(C(O)(c2ccc([Si](C)(C)C)cc2)C2CC(O)CN2Cc2cccc(CN3CC(O)CC3C(O)(c3ccc([Si](C)(C)C)cc3)c3ccc([Si](C)(C)C)cc3)n2)cc1. The smallest absolute Gasteiger partial charge is 0.130 e. The van der Waals surface area contributed by atoms with E-state index >= 15 is 0 Å². The first kappa shape index (κ1) is 48.6. The lowest BCUT2D eigenvalue weighted by molar-refractivity contribution is -0.00790. The molecule has 5 aromatic rings. The predicted molar refractivity (Wildman–Crippen MR) is 278 cm³/mol. The van der Waals surface area contributed by atoms with Crippen molar-refractivity contribution in [2.45, 2.75) is 140 Å². The third kappa shape index (κ3) is 10.1. The van der Waals surface area contributed by atoms with Gasteiger partial charge in [0.25, 0.3) is 0 Å². The van der Waals surface area contributed by atoms with Crippen LogP contribution in [-0.4, -0.2) is 105 Å². The summed E-state index contributed by atoms with van der Waals surface area (Å²) < 4.78 is 0. The van der Waals surface area contributed by atoms with E-state index in [1.165, 1.54) is 20.7 Å². The minimum absolute atomic E-state index is 0.406. The minimum atomic E-state index is -1.58. The fourth-order valence-electron chi connectivity index (χ4n) is 10.1. The van der Waals surface area contributed by atoms with E-state index in [9.17, 15) is 20.4 Å². The molecule has 2 saturated heterocycles. The van der Waals surface area contributed by atoms with Crippen molar-refractivity contribution in [3.63, 3.8) is 0 Å². The summed E-state index contributed by atoms with van der Waals surface area (Å²) in [5, 5.41) is 54.6.